The van der Waals surface area contributed by atoms with Gasteiger partial charge in [-0.05, 0) is 12.3 Å². The highest BCUT2D eigenvalue weighted by molar-refractivity contribution is 5.93. The highest BCUT2D eigenvalue weighted by Gasteiger charge is 2.18. The molecule has 1 atom stereocenters. The van der Waals surface area contributed by atoms with Crippen molar-refractivity contribution in [3.05, 3.63) is 0 Å². The summed E-state index contributed by atoms with van der Waals surface area (Å²) in [5, 5.41) is 13.5. The lowest BCUT2D eigenvalue weighted by Crippen LogP contribution is -2.41. The number of carboxylic acids is 1. The van der Waals surface area contributed by atoms with Crippen LogP contribution < -0.4 is 16.4 Å². The van der Waals surface area contributed by atoms with Gasteiger partial charge in [-0.15, -0.1) is 0 Å². The first-order chi connectivity index (χ1) is 7.82. The van der Waals surface area contributed by atoms with Crippen LogP contribution in [0.5, 0.6) is 0 Å². The van der Waals surface area contributed by atoms with Gasteiger partial charge in [-0.2, -0.15) is 0 Å². The average molecular weight is 245 g/mol. The van der Waals surface area contributed by atoms with Gasteiger partial charge in [-0.1, -0.05) is 13.8 Å². The lowest BCUT2D eigenvalue weighted by atomic mass is 10.0. The van der Waals surface area contributed by atoms with Crippen LogP contribution in [-0.2, 0) is 9.59 Å². The van der Waals surface area contributed by atoms with Crippen molar-refractivity contribution in [2.45, 2.75) is 32.7 Å². The molecule has 0 radical (unpaired) electrons. The number of carbonyl (C=O) groups is 3. The van der Waals surface area contributed by atoms with E-state index in [0.29, 0.717) is 6.42 Å². The van der Waals surface area contributed by atoms with E-state index in [1.54, 1.807) is 0 Å². The summed E-state index contributed by atoms with van der Waals surface area (Å²) in [6.45, 7) is 4.01. The minimum atomic E-state index is -0.950. The van der Waals surface area contributed by atoms with Crippen molar-refractivity contribution in [1.82, 2.24) is 10.6 Å². The van der Waals surface area contributed by atoms with E-state index >= 15 is 0 Å². The van der Waals surface area contributed by atoms with Crippen LogP contribution in [0.2, 0.25) is 0 Å². The monoisotopic (exact) mass is 245 g/mol. The molecule has 3 amide bonds. The van der Waals surface area contributed by atoms with Gasteiger partial charge >= 0.3 is 12.0 Å². The molecular weight excluding hydrogens is 226 g/mol. The van der Waals surface area contributed by atoms with Gasteiger partial charge in [-0.25, -0.2) is 4.79 Å². The standard InChI is InChI=1S/C10H19N3O4/c1-6(2)5-7(9(15)16)12-4-3-8(14)13-10(11)17/h6-7,12H,3-5H2,1-2H3,(H,15,16)(H3,11,13,14,17). The van der Waals surface area contributed by atoms with Crippen LogP contribution in [0.25, 0.3) is 0 Å². The fourth-order valence-electron chi connectivity index (χ4n) is 1.30. The summed E-state index contributed by atoms with van der Waals surface area (Å²) in [6, 6.07) is -1.59. The number of urea groups is 1. The van der Waals surface area contributed by atoms with Crippen LogP contribution in [0.3, 0.4) is 0 Å². The number of amides is 3. The molecule has 98 valence electrons. The SMILES string of the molecule is CC(C)CC(NCCC(=O)NC(N)=O)C(=O)O. The molecule has 0 aromatic carbocycles. The van der Waals surface area contributed by atoms with Gasteiger partial charge < -0.3 is 16.2 Å². The zero-order chi connectivity index (χ0) is 13.4. The molecule has 0 aliphatic carbocycles. The number of aliphatic carboxylic acids is 1. The summed E-state index contributed by atoms with van der Waals surface area (Å²) < 4.78 is 0. The minimum Gasteiger partial charge on any atom is -0.480 e. The fourth-order valence-corrected chi connectivity index (χ4v) is 1.30. The molecule has 0 spiro atoms. The second-order valence-corrected chi connectivity index (χ2v) is 4.14. The largest absolute Gasteiger partial charge is 0.480 e. The number of hydrogen-bond acceptors (Lipinski definition) is 4. The van der Waals surface area contributed by atoms with Crippen molar-refractivity contribution in [1.29, 1.82) is 0 Å². The normalized spacial score (nSPS) is 12.2. The third-order valence-corrected chi connectivity index (χ3v) is 2.01. The minimum absolute atomic E-state index is 0.00478. The molecule has 0 aliphatic rings. The predicted octanol–water partition coefficient (Wildman–Crippen LogP) is -0.340. The number of rotatable bonds is 7. The molecule has 0 aromatic heterocycles. The Labute approximate surface area is 99.7 Å². The molecule has 0 saturated carbocycles. The average Bonchev–Trinajstić information content (AvgIpc) is 2.13. The maximum absolute atomic E-state index is 11.0. The van der Waals surface area contributed by atoms with Crippen LogP contribution in [0.1, 0.15) is 26.7 Å². The quantitative estimate of drug-likeness (QED) is 0.489. The number of imide groups is 1. The Morgan fingerprint density at radius 1 is 1.29 bits per heavy atom. The predicted molar refractivity (Wildman–Crippen MR) is 61.2 cm³/mol. The highest BCUT2D eigenvalue weighted by atomic mass is 16.4. The van der Waals surface area contributed by atoms with E-state index in [-0.39, 0.29) is 18.9 Å². The van der Waals surface area contributed by atoms with Gasteiger partial charge in [0.1, 0.15) is 6.04 Å². The summed E-state index contributed by atoms with van der Waals surface area (Å²) in [5.41, 5.74) is 4.75. The number of hydrogen-bond donors (Lipinski definition) is 4. The second kappa shape index (κ2) is 7.61. The van der Waals surface area contributed by atoms with E-state index in [4.69, 9.17) is 10.8 Å². The molecule has 0 aliphatic heterocycles. The number of nitrogens with one attached hydrogen (secondary N) is 2. The van der Waals surface area contributed by atoms with E-state index in [9.17, 15) is 14.4 Å². The van der Waals surface area contributed by atoms with Crippen LogP contribution in [0.15, 0.2) is 0 Å². The summed E-state index contributed by atoms with van der Waals surface area (Å²) in [7, 11) is 0. The van der Waals surface area contributed by atoms with Gasteiger partial charge in [0.05, 0.1) is 0 Å². The molecule has 0 heterocycles. The first kappa shape index (κ1) is 15.4. The zero-order valence-corrected chi connectivity index (χ0v) is 10.0. The highest BCUT2D eigenvalue weighted by Crippen LogP contribution is 2.04. The molecule has 0 aromatic rings. The molecule has 5 N–H and O–H groups in total. The van der Waals surface area contributed by atoms with Crippen LogP contribution in [0, 0.1) is 5.92 Å². The Balaban J connectivity index is 3.94. The van der Waals surface area contributed by atoms with Gasteiger partial charge in [0.15, 0.2) is 0 Å². The van der Waals surface area contributed by atoms with Gasteiger partial charge in [0.25, 0.3) is 0 Å². The molecular formula is C10H19N3O4. The first-order valence-electron chi connectivity index (χ1n) is 5.38. The lowest BCUT2D eigenvalue weighted by Gasteiger charge is -2.15. The summed E-state index contributed by atoms with van der Waals surface area (Å²) in [5.74, 6) is -1.24. The third kappa shape index (κ3) is 8.21. The Hall–Kier alpha value is -1.63. The molecule has 17 heavy (non-hydrogen) atoms. The molecule has 7 nitrogen and oxygen atoms in total. The van der Waals surface area contributed by atoms with Crippen molar-refractivity contribution in [2.24, 2.45) is 11.7 Å². The van der Waals surface area contributed by atoms with E-state index in [2.05, 4.69) is 5.32 Å². The molecule has 0 saturated heterocycles. The number of carboxylic acid groups (broad SMARTS) is 1. The maximum atomic E-state index is 11.0. The summed E-state index contributed by atoms with van der Waals surface area (Å²) in [6.07, 6.45) is 0.484. The number of nitrogens with two attached hydrogens (primary N) is 1. The molecule has 0 fully saturated rings. The fraction of sp³-hybridized carbons (Fsp3) is 0.700. The Morgan fingerprint density at radius 2 is 1.88 bits per heavy atom. The lowest BCUT2D eigenvalue weighted by molar-refractivity contribution is -0.140. The van der Waals surface area contributed by atoms with Crippen molar-refractivity contribution in [3.63, 3.8) is 0 Å². The van der Waals surface area contributed by atoms with Crippen molar-refractivity contribution in [3.8, 4) is 0 Å². The Bertz CT molecular complexity index is 291. The van der Waals surface area contributed by atoms with E-state index in [1.165, 1.54) is 0 Å². The van der Waals surface area contributed by atoms with Crippen molar-refractivity contribution in [2.75, 3.05) is 6.54 Å². The third-order valence-electron chi connectivity index (χ3n) is 2.01. The molecule has 0 bridgehead atoms. The second-order valence-electron chi connectivity index (χ2n) is 4.14. The smallest absolute Gasteiger partial charge is 0.320 e. The van der Waals surface area contributed by atoms with Crippen molar-refractivity contribution < 1.29 is 19.5 Å². The first-order valence-corrected chi connectivity index (χ1v) is 5.38. The summed E-state index contributed by atoms with van der Waals surface area (Å²) >= 11 is 0. The zero-order valence-electron chi connectivity index (χ0n) is 10.0. The summed E-state index contributed by atoms with van der Waals surface area (Å²) in [4.78, 5) is 32.2. The molecule has 1 unspecified atom stereocenters. The molecule has 0 rings (SSSR count). The topological polar surface area (TPSA) is 122 Å². The molecule has 7 heteroatoms. The van der Waals surface area contributed by atoms with Crippen molar-refractivity contribution >= 4 is 17.9 Å². The van der Waals surface area contributed by atoms with Gasteiger partial charge in [-0.3, -0.25) is 14.9 Å². The van der Waals surface area contributed by atoms with Gasteiger partial charge in [0.2, 0.25) is 5.91 Å². The van der Waals surface area contributed by atoms with Gasteiger partial charge in [0, 0.05) is 13.0 Å². The number of carbonyl (C=O) groups excluding carboxylic acids is 2. The Kier molecular flexibility index (Phi) is 6.88. The van der Waals surface area contributed by atoms with E-state index in [1.807, 2.05) is 19.2 Å². The van der Waals surface area contributed by atoms with E-state index < -0.39 is 23.9 Å². The Morgan fingerprint density at radius 3 is 2.29 bits per heavy atom. The van der Waals surface area contributed by atoms with Crippen LogP contribution in [-0.4, -0.2) is 35.6 Å². The van der Waals surface area contributed by atoms with Crippen LogP contribution >= 0.6 is 0 Å². The van der Waals surface area contributed by atoms with E-state index in [0.717, 1.165) is 0 Å². The maximum Gasteiger partial charge on any atom is 0.320 e. The number of primary amides is 1. The van der Waals surface area contributed by atoms with Crippen LogP contribution in [0.4, 0.5) is 4.79 Å².